The van der Waals surface area contributed by atoms with Crippen LogP contribution >= 0.6 is 11.3 Å². The van der Waals surface area contributed by atoms with Crippen LogP contribution in [0.4, 0.5) is 0 Å². The van der Waals surface area contributed by atoms with E-state index in [1.807, 2.05) is 72.1 Å². The molecule has 4 nitrogen and oxygen atoms in total. The van der Waals surface area contributed by atoms with Crippen LogP contribution in [0.3, 0.4) is 0 Å². The number of nitrogens with one attached hydrogen (secondary N) is 1. The molecule has 4 rings (SSSR count). The van der Waals surface area contributed by atoms with Crippen molar-refractivity contribution >= 4 is 17.2 Å². The first-order valence-corrected chi connectivity index (χ1v) is 8.96. The molecule has 2 aromatic carbocycles. The Hall–Kier alpha value is -2.79. The smallest absolute Gasteiger partial charge is 0.265 e. The minimum Gasteiger partial charge on any atom is -0.485 e. The molecule has 0 unspecified atom stereocenters. The van der Waals surface area contributed by atoms with Crippen molar-refractivity contribution in [2.75, 3.05) is 6.61 Å². The summed E-state index contributed by atoms with van der Waals surface area (Å²) in [4.78, 5) is 13.9. The van der Waals surface area contributed by atoms with E-state index in [0.29, 0.717) is 11.5 Å². The van der Waals surface area contributed by atoms with E-state index in [9.17, 15) is 4.79 Å². The molecule has 126 valence electrons. The fourth-order valence-electron chi connectivity index (χ4n) is 2.80. The van der Waals surface area contributed by atoms with E-state index in [4.69, 9.17) is 9.47 Å². The number of carbonyl (C=O) groups excluding carboxylic acids is 1. The molecule has 0 radical (unpaired) electrons. The van der Waals surface area contributed by atoms with Crippen LogP contribution in [0.15, 0.2) is 72.1 Å². The molecule has 0 saturated carbocycles. The maximum absolute atomic E-state index is 12.8. The molecule has 1 aliphatic heterocycles. The van der Waals surface area contributed by atoms with Gasteiger partial charge in [-0.15, -0.1) is 11.3 Å². The summed E-state index contributed by atoms with van der Waals surface area (Å²) in [5.41, 5.74) is 1.04. The van der Waals surface area contributed by atoms with Gasteiger partial charge in [0.1, 0.15) is 6.61 Å². The van der Waals surface area contributed by atoms with Gasteiger partial charge >= 0.3 is 0 Å². The standard InChI is InChI=1S/C20H17NO3S/c22-20(17-13-23-15-9-4-5-10-16(15)24-17)21-19(18-11-6-12-25-18)14-7-2-1-3-8-14/h1-12,17,19H,13H2,(H,21,22)/t17-,19-/m1/s1. The first kappa shape index (κ1) is 15.7. The monoisotopic (exact) mass is 351 g/mol. The second kappa shape index (κ2) is 6.99. The van der Waals surface area contributed by atoms with Gasteiger partial charge in [0.25, 0.3) is 5.91 Å². The predicted octanol–water partition coefficient (Wildman–Crippen LogP) is 3.79. The lowest BCUT2D eigenvalue weighted by atomic mass is 10.0. The lowest BCUT2D eigenvalue weighted by Crippen LogP contribution is -2.45. The molecule has 0 aliphatic carbocycles. The lowest BCUT2D eigenvalue weighted by molar-refractivity contribution is -0.130. The number of hydrogen-bond acceptors (Lipinski definition) is 4. The van der Waals surface area contributed by atoms with Gasteiger partial charge in [0.2, 0.25) is 6.10 Å². The Kier molecular flexibility index (Phi) is 4.39. The van der Waals surface area contributed by atoms with Crippen molar-refractivity contribution in [3.05, 3.63) is 82.6 Å². The van der Waals surface area contributed by atoms with Gasteiger partial charge in [-0.1, -0.05) is 48.5 Å². The van der Waals surface area contributed by atoms with Crippen molar-refractivity contribution in [1.29, 1.82) is 0 Å². The Morgan fingerprint density at radius 2 is 1.76 bits per heavy atom. The quantitative estimate of drug-likeness (QED) is 0.778. The summed E-state index contributed by atoms with van der Waals surface area (Å²) in [6.07, 6.45) is -0.666. The third-order valence-corrected chi connectivity index (χ3v) is 4.99. The summed E-state index contributed by atoms with van der Waals surface area (Å²) in [5, 5.41) is 5.11. The molecule has 2 atom stereocenters. The number of para-hydroxylation sites is 2. The SMILES string of the molecule is O=C(N[C@H](c1ccccc1)c1cccs1)[C@H]1COc2ccccc2O1. The van der Waals surface area contributed by atoms with Crippen LogP contribution in [-0.4, -0.2) is 18.6 Å². The van der Waals surface area contributed by atoms with Crippen LogP contribution < -0.4 is 14.8 Å². The van der Waals surface area contributed by atoms with E-state index in [2.05, 4.69) is 5.32 Å². The van der Waals surface area contributed by atoms with Crippen molar-refractivity contribution < 1.29 is 14.3 Å². The average molecular weight is 351 g/mol. The normalized spacial score (nSPS) is 16.9. The fraction of sp³-hybridized carbons (Fsp3) is 0.150. The predicted molar refractivity (Wildman–Crippen MR) is 97.1 cm³/mol. The van der Waals surface area contributed by atoms with E-state index in [0.717, 1.165) is 10.4 Å². The molecule has 0 bridgehead atoms. The molecule has 1 N–H and O–H groups in total. The lowest BCUT2D eigenvalue weighted by Gasteiger charge is -2.27. The van der Waals surface area contributed by atoms with Crippen LogP contribution in [0.1, 0.15) is 16.5 Å². The maximum atomic E-state index is 12.8. The highest BCUT2D eigenvalue weighted by Crippen LogP contribution is 2.31. The van der Waals surface area contributed by atoms with E-state index in [-0.39, 0.29) is 18.6 Å². The Labute approximate surface area is 150 Å². The zero-order valence-electron chi connectivity index (χ0n) is 13.4. The van der Waals surface area contributed by atoms with Gasteiger partial charge in [-0.2, -0.15) is 0 Å². The third kappa shape index (κ3) is 3.37. The number of thiophene rings is 1. The van der Waals surface area contributed by atoms with Crippen LogP contribution in [-0.2, 0) is 4.79 Å². The summed E-state index contributed by atoms with van der Waals surface area (Å²) >= 11 is 1.62. The number of carbonyl (C=O) groups is 1. The Balaban J connectivity index is 1.54. The number of hydrogen-bond donors (Lipinski definition) is 1. The van der Waals surface area contributed by atoms with Gasteiger partial charge in [0.05, 0.1) is 6.04 Å². The van der Waals surface area contributed by atoms with Crippen LogP contribution in [0.5, 0.6) is 11.5 Å². The molecule has 3 aromatic rings. The molecular formula is C20H17NO3S. The van der Waals surface area contributed by atoms with E-state index in [1.54, 1.807) is 11.3 Å². The number of fused-ring (bicyclic) bond motifs is 1. The first-order valence-electron chi connectivity index (χ1n) is 8.08. The van der Waals surface area contributed by atoms with Gasteiger partial charge in [-0.25, -0.2) is 0 Å². The van der Waals surface area contributed by atoms with Gasteiger partial charge in [-0.3, -0.25) is 4.79 Å². The maximum Gasteiger partial charge on any atom is 0.265 e. The summed E-state index contributed by atoms with van der Waals surface area (Å²) in [6.45, 7) is 0.203. The van der Waals surface area contributed by atoms with Gasteiger partial charge in [0, 0.05) is 4.88 Å². The fourth-order valence-corrected chi connectivity index (χ4v) is 3.61. The van der Waals surface area contributed by atoms with Crippen molar-refractivity contribution in [2.45, 2.75) is 12.1 Å². The summed E-state index contributed by atoms with van der Waals surface area (Å²) in [5.74, 6) is 1.09. The number of benzene rings is 2. The molecule has 1 amide bonds. The largest absolute Gasteiger partial charge is 0.485 e. The topological polar surface area (TPSA) is 47.6 Å². The second-order valence-corrected chi connectivity index (χ2v) is 6.71. The molecule has 0 saturated heterocycles. The van der Waals surface area contributed by atoms with E-state index >= 15 is 0 Å². The zero-order valence-corrected chi connectivity index (χ0v) is 14.2. The molecule has 25 heavy (non-hydrogen) atoms. The van der Waals surface area contributed by atoms with Crippen molar-refractivity contribution in [1.82, 2.24) is 5.32 Å². The highest BCUT2D eigenvalue weighted by atomic mass is 32.1. The molecule has 2 heterocycles. The van der Waals surface area contributed by atoms with E-state index in [1.165, 1.54) is 0 Å². The van der Waals surface area contributed by atoms with Gasteiger partial charge < -0.3 is 14.8 Å². The average Bonchev–Trinajstić information content (AvgIpc) is 3.20. The highest BCUT2D eigenvalue weighted by Gasteiger charge is 2.29. The number of ether oxygens (including phenoxy) is 2. The van der Waals surface area contributed by atoms with Gasteiger partial charge in [0.15, 0.2) is 11.5 Å². The van der Waals surface area contributed by atoms with Crippen LogP contribution in [0.2, 0.25) is 0 Å². The minimum absolute atomic E-state index is 0.184. The molecule has 1 aliphatic rings. The van der Waals surface area contributed by atoms with Gasteiger partial charge in [-0.05, 0) is 29.1 Å². The molecule has 0 fully saturated rings. The first-order chi connectivity index (χ1) is 12.3. The minimum atomic E-state index is -0.666. The summed E-state index contributed by atoms with van der Waals surface area (Å²) < 4.78 is 11.5. The Morgan fingerprint density at radius 3 is 2.52 bits per heavy atom. The van der Waals surface area contributed by atoms with Crippen molar-refractivity contribution in [2.24, 2.45) is 0 Å². The molecule has 0 spiro atoms. The molecule has 1 aromatic heterocycles. The molecular weight excluding hydrogens is 334 g/mol. The van der Waals surface area contributed by atoms with E-state index < -0.39 is 6.10 Å². The highest BCUT2D eigenvalue weighted by molar-refractivity contribution is 7.10. The summed E-state index contributed by atoms with van der Waals surface area (Å²) in [7, 11) is 0. The zero-order chi connectivity index (χ0) is 17.1. The second-order valence-electron chi connectivity index (χ2n) is 5.73. The third-order valence-electron chi connectivity index (χ3n) is 4.05. The van der Waals surface area contributed by atoms with Crippen molar-refractivity contribution in [3.8, 4) is 11.5 Å². The summed E-state index contributed by atoms with van der Waals surface area (Å²) in [6, 6.07) is 21.1. The van der Waals surface area contributed by atoms with Crippen LogP contribution in [0.25, 0.3) is 0 Å². The Morgan fingerprint density at radius 1 is 1.00 bits per heavy atom. The van der Waals surface area contributed by atoms with Crippen LogP contribution in [0, 0.1) is 0 Å². The molecule has 5 heteroatoms. The number of amides is 1. The Bertz CT molecular complexity index is 848. The number of rotatable bonds is 4. The van der Waals surface area contributed by atoms with Crippen molar-refractivity contribution in [3.63, 3.8) is 0 Å².